The van der Waals surface area contributed by atoms with Crippen LogP contribution in [0, 0.1) is 0 Å². The first kappa shape index (κ1) is 61.6. The van der Waals surface area contributed by atoms with Crippen molar-refractivity contribution in [2.24, 2.45) is 0 Å². The molecule has 1 aliphatic heterocycles. The Bertz CT molecular complexity index is 1250. The Morgan fingerprint density at radius 1 is 0.600 bits per heavy atom. The van der Waals surface area contributed by atoms with Crippen LogP contribution in [0.5, 0.6) is 0 Å². The fourth-order valence-corrected chi connectivity index (χ4v) is 9.08. The molecular weight excluding hydrogens is 847 g/mol. The molecule has 7 unspecified atom stereocenters. The van der Waals surface area contributed by atoms with Crippen molar-refractivity contribution in [2.75, 3.05) is 13.2 Å². The van der Waals surface area contributed by atoms with Gasteiger partial charge in [0, 0.05) is 6.42 Å². The number of hydrogen-bond acceptors (Lipinski definition) is 10. The highest BCUT2D eigenvalue weighted by molar-refractivity contribution is 7.80. The monoisotopic (exact) mass is 946 g/mol. The van der Waals surface area contributed by atoms with Crippen LogP contribution in [0.2, 0.25) is 0 Å². The van der Waals surface area contributed by atoms with Crippen molar-refractivity contribution in [3.63, 3.8) is 0 Å². The SMILES string of the molecule is CCCCCCCCC/C=C\CCCCCCCC(=O)NC(COC1OC(CO)C(O)C(OS(=O)(=O)O)C1O)C(O)/C=C/CCCCCCCCCCCCCCCCCCCCCC. The molecule has 1 saturated heterocycles. The summed E-state index contributed by atoms with van der Waals surface area (Å²) in [5.41, 5.74) is 0. The minimum Gasteiger partial charge on any atom is -0.394 e. The molecule has 7 atom stereocenters. The van der Waals surface area contributed by atoms with E-state index in [1.54, 1.807) is 6.08 Å². The van der Waals surface area contributed by atoms with Crippen molar-refractivity contribution >= 4 is 16.3 Å². The number of rotatable bonds is 46. The van der Waals surface area contributed by atoms with Gasteiger partial charge in [-0.25, -0.2) is 4.18 Å². The molecule has 12 nitrogen and oxygen atoms in total. The molecule has 0 spiro atoms. The number of nitrogens with one attached hydrogen (secondary N) is 1. The maximum absolute atomic E-state index is 13.1. The Morgan fingerprint density at radius 3 is 1.38 bits per heavy atom. The Balaban J connectivity index is 2.43. The highest BCUT2D eigenvalue weighted by atomic mass is 32.3. The molecule has 6 N–H and O–H groups in total. The number of aliphatic hydroxyl groups is 4. The fraction of sp³-hybridized carbons (Fsp3) is 0.904. The maximum Gasteiger partial charge on any atom is 0.397 e. The second-order valence-corrected chi connectivity index (χ2v) is 19.9. The van der Waals surface area contributed by atoms with Gasteiger partial charge in [0.25, 0.3) is 0 Å². The van der Waals surface area contributed by atoms with Crippen LogP contribution < -0.4 is 5.32 Å². The van der Waals surface area contributed by atoms with Crippen LogP contribution in [-0.2, 0) is 28.9 Å². The van der Waals surface area contributed by atoms with E-state index >= 15 is 0 Å². The van der Waals surface area contributed by atoms with E-state index in [9.17, 15) is 38.2 Å². The van der Waals surface area contributed by atoms with Crippen LogP contribution in [0.1, 0.15) is 245 Å². The van der Waals surface area contributed by atoms with E-state index in [0.29, 0.717) is 6.42 Å². The number of hydrogen-bond donors (Lipinski definition) is 6. The van der Waals surface area contributed by atoms with Gasteiger partial charge in [-0.2, -0.15) is 8.42 Å². The molecule has 384 valence electrons. The summed E-state index contributed by atoms with van der Waals surface area (Å²) in [5.74, 6) is -0.269. The van der Waals surface area contributed by atoms with Crippen molar-refractivity contribution in [1.82, 2.24) is 5.32 Å². The lowest BCUT2D eigenvalue weighted by Gasteiger charge is -2.41. The fourth-order valence-electron chi connectivity index (χ4n) is 8.57. The third kappa shape index (κ3) is 35.4. The average Bonchev–Trinajstić information content (AvgIpc) is 3.28. The van der Waals surface area contributed by atoms with Gasteiger partial charge in [-0.15, -0.1) is 0 Å². The van der Waals surface area contributed by atoms with Gasteiger partial charge in [-0.1, -0.05) is 218 Å². The van der Waals surface area contributed by atoms with Gasteiger partial charge in [-0.3, -0.25) is 9.35 Å². The molecule has 0 aromatic rings. The number of aliphatic hydroxyl groups excluding tert-OH is 4. The summed E-state index contributed by atoms with van der Waals surface area (Å²) in [7, 11) is -5.09. The van der Waals surface area contributed by atoms with Gasteiger partial charge in [-0.05, 0) is 44.9 Å². The van der Waals surface area contributed by atoms with Crippen LogP contribution in [-0.4, -0.2) is 95.4 Å². The summed E-state index contributed by atoms with van der Waals surface area (Å²) >= 11 is 0. The van der Waals surface area contributed by atoms with Gasteiger partial charge in [0.15, 0.2) is 6.29 Å². The van der Waals surface area contributed by atoms with Gasteiger partial charge in [0.1, 0.15) is 24.4 Å². The molecule has 0 aromatic heterocycles. The molecule has 1 amide bonds. The van der Waals surface area contributed by atoms with E-state index in [1.807, 2.05) is 6.08 Å². The molecule has 13 heteroatoms. The number of amides is 1. The molecule has 0 aliphatic carbocycles. The van der Waals surface area contributed by atoms with Crippen LogP contribution in [0.25, 0.3) is 0 Å². The molecule has 0 radical (unpaired) electrons. The summed E-state index contributed by atoms with van der Waals surface area (Å²) in [5, 5.41) is 44.9. The quantitative estimate of drug-likeness (QED) is 0.0193. The highest BCUT2D eigenvalue weighted by Gasteiger charge is 2.48. The molecule has 1 heterocycles. The Hall–Kier alpha value is -1.42. The summed E-state index contributed by atoms with van der Waals surface area (Å²) in [6, 6.07) is -0.947. The zero-order valence-corrected chi connectivity index (χ0v) is 42.1. The number of carbonyl (C=O) groups is 1. The van der Waals surface area contributed by atoms with E-state index in [4.69, 9.17) is 9.47 Å². The predicted molar refractivity (Wildman–Crippen MR) is 264 cm³/mol. The van der Waals surface area contributed by atoms with Gasteiger partial charge < -0.3 is 35.2 Å². The maximum atomic E-state index is 13.1. The molecular formula is C52H99NO11S. The highest BCUT2D eigenvalue weighted by Crippen LogP contribution is 2.26. The summed E-state index contributed by atoms with van der Waals surface area (Å²) in [6.45, 7) is 3.41. The lowest BCUT2D eigenvalue weighted by atomic mass is 9.99. The van der Waals surface area contributed by atoms with Crippen molar-refractivity contribution in [2.45, 2.75) is 288 Å². The van der Waals surface area contributed by atoms with Crippen molar-refractivity contribution in [1.29, 1.82) is 0 Å². The molecule has 0 aromatic carbocycles. The smallest absolute Gasteiger partial charge is 0.394 e. The third-order valence-electron chi connectivity index (χ3n) is 12.7. The van der Waals surface area contributed by atoms with Crippen LogP contribution >= 0.6 is 0 Å². The number of ether oxygens (including phenoxy) is 2. The largest absolute Gasteiger partial charge is 0.397 e. The number of carbonyl (C=O) groups excluding carboxylic acids is 1. The van der Waals surface area contributed by atoms with E-state index in [-0.39, 0.29) is 18.9 Å². The lowest BCUT2D eigenvalue weighted by molar-refractivity contribution is -0.298. The third-order valence-corrected chi connectivity index (χ3v) is 13.2. The number of unbranched alkanes of at least 4 members (excludes halogenated alkanes) is 32. The second-order valence-electron chi connectivity index (χ2n) is 18.8. The Kier molecular flexibility index (Phi) is 40.4. The standard InChI is InChI=1S/C52H99NO11S/c1-3-5-7-9-11-13-15-17-19-21-22-23-24-25-26-27-29-31-33-35-37-39-41-46(55)45(44-62-52-50(58)51(64-65(59,60)61)49(57)47(43-54)63-52)53-48(56)42-40-38-36-34-32-30-28-20-18-16-14-12-10-8-6-4-2/h20,28,39,41,45-47,49-52,54-55,57-58H,3-19,21-27,29-38,40,42-44H2,1-2H3,(H,53,56)(H,59,60,61)/b28-20-,41-39+. The molecule has 1 aliphatic rings. The number of allylic oxidation sites excluding steroid dienone is 3. The zero-order valence-electron chi connectivity index (χ0n) is 41.3. The van der Waals surface area contributed by atoms with E-state index in [1.165, 1.54) is 161 Å². The minimum atomic E-state index is -5.09. The van der Waals surface area contributed by atoms with Crippen LogP contribution in [0.15, 0.2) is 24.3 Å². The summed E-state index contributed by atoms with van der Waals surface area (Å²) < 4.78 is 47.7. The molecule has 0 bridgehead atoms. The first-order chi connectivity index (χ1) is 31.5. The van der Waals surface area contributed by atoms with E-state index < -0.39 is 59.9 Å². The predicted octanol–water partition coefficient (Wildman–Crippen LogP) is 11.7. The normalized spacial score (nSPS) is 20.3. The zero-order chi connectivity index (χ0) is 47.6. The van der Waals surface area contributed by atoms with E-state index in [0.717, 1.165) is 57.8 Å². The minimum absolute atomic E-state index is 0.260. The van der Waals surface area contributed by atoms with Crippen LogP contribution in [0.4, 0.5) is 0 Å². The Morgan fingerprint density at radius 2 is 0.985 bits per heavy atom. The lowest BCUT2D eigenvalue weighted by Crippen LogP contribution is -2.61. The molecule has 0 saturated carbocycles. The van der Waals surface area contributed by atoms with Crippen LogP contribution in [0.3, 0.4) is 0 Å². The van der Waals surface area contributed by atoms with Gasteiger partial charge in [0.2, 0.25) is 5.91 Å². The summed E-state index contributed by atoms with van der Waals surface area (Å²) in [4.78, 5) is 13.1. The molecule has 65 heavy (non-hydrogen) atoms. The van der Waals surface area contributed by atoms with Crippen molar-refractivity contribution in [3.05, 3.63) is 24.3 Å². The second kappa shape index (κ2) is 42.7. The van der Waals surface area contributed by atoms with Crippen molar-refractivity contribution < 1.29 is 51.8 Å². The summed E-state index contributed by atoms with van der Waals surface area (Å²) in [6.07, 6.45) is 42.2. The first-order valence-corrected chi connectivity index (χ1v) is 28.1. The van der Waals surface area contributed by atoms with Gasteiger partial charge in [0.05, 0.1) is 25.4 Å². The van der Waals surface area contributed by atoms with Crippen molar-refractivity contribution in [3.8, 4) is 0 Å². The topological polar surface area (TPSA) is 192 Å². The van der Waals surface area contributed by atoms with Gasteiger partial charge >= 0.3 is 10.4 Å². The molecule has 1 fully saturated rings. The molecule has 1 rings (SSSR count). The first-order valence-electron chi connectivity index (χ1n) is 26.7. The average molecular weight is 946 g/mol. The Labute approximate surface area is 397 Å². The van der Waals surface area contributed by atoms with E-state index in [2.05, 4.69) is 35.5 Å².